The smallest absolute Gasteiger partial charge is 0.270 e. The van der Waals surface area contributed by atoms with Crippen LogP contribution in [0.4, 0.5) is 5.69 Å². The number of benzene rings is 1. The average molecular weight is 377 g/mol. The summed E-state index contributed by atoms with van der Waals surface area (Å²) in [5.74, 6) is -0.743. The molecule has 1 rings (SSSR count). The number of non-ortho nitro benzene ring substituents is 1. The molecule has 0 fully saturated rings. The van der Waals surface area contributed by atoms with Crippen molar-refractivity contribution in [2.24, 2.45) is 0 Å². The minimum atomic E-state index is -0.564. The SMILES string of the molecule is CNC(=O)CN(C)C(=O)c1cc([N+](=O)[O-])ccc1I. The Bertz CT molecular complexity index is 533. The number of hydrogen-bond donors (Lipinski definition) is 1. The lowest BCUT2D eigenvalue weighted by molar-refractivity contribution is -0.384. The third-order valence-corrected chi connectivity index (χ3v) is 3.34. The second kappa shape index (κ2) is 6.45. The van der Waals surface area contributed by atoms with Crippen molar-refractivity contribution in [1.82, 2.24) is 10.2 Å². The molecule has 0 saturated heterocycles. The highest BCUT2D eigenvalue weighted by Crippen LogP contribution is 2.20. The summed E-state index contributed by atoms with van der Waals surface area (Å²) in [6.45, 7) is -0.103. The Labute approximate surface area is 123 Å². The maximum absolute atomic E-state index is 12.1. The van der Waals surface area contributed by atoms with Gasteiger partial charge in [0.2, 0.25) is 5.91 Å². The van der Waals surface area contributed by atoms with Crippen LogP contribution in [0.5, 0.6) is 0 Å². The number of nitrogens with zero attached hydrogens (tertiary/aromatic N) is 2. The molecule has 102 valence electrons. The van der Waals surface area contributed by atoms with E-state index in [0.717, 1.165) is 0 Å². The normalized spacial score (nSPS) is 9.84. The fourth-order valence-corrected chi connectivity index (χ4v) is 1.93. The van der Waals surface area contributed by atoms with Gasteiger partial charge in [-0.2, -0.15) is 0 Å². The molecule has 1 N–H and O–H groups in total. The van der Waals surface area contributed by atoms with Gasteiger partial charge in [0.15, 0.2) is 0 Å². The lowest BCUT2D eigenvalue weighted by atomic mass is 10.2. The lowest BCUT2D eigenvalue weighted by Gasteiger charge is -2.16. The van der Waals surface area contributed by atoms with E-state index in [4.69, 9.17) is 0 Å². The highest BCUT2D eigenvalue weighted by Gasteiger charge is 2.19. The van der Waals surface area contributed by atoms with Crippen molar-refractivity contribution >= 4 is 40.1 Å². The van der Waals surface area contributed by atoms with E-state index in [0.29, 0.717) is 3.57 Å². The molecule has 0 aromatic heterocycles. The summed E-state index contributed by atoms with van der Waals surface area (Å²) in [6, 6.07) is 4.04. The fraction of sp³-hybridized carbons (Fsp3) is 0.273. The molecular formula is C11H12IN3O4. The number of carbonyl (C=O) groups is 2. The third kappa shape index (κ3) is 3.88. The van der Waals surface area contributed by atoms with Crippen molar-refractivity contribution in [3.05, 3.63) is 37.4 Å². The number of nitrogens with one attached hydrogen (secondary N) is 1. The molecule has 19 heavy (non-hydrogen) atoms. The van der Waals surface area contributed by atoms with Crippen LogP contribution in [0.1, 0.15) is 10.4 Å². The molecule has 0 aliphatic heterocycles. The lowest BCUT2D eigenvalue weighted by Crippen LogP contribution is -2.37. The van der Waals surface area contributed by atoms with E-state index >= 15 is 0 Å². The van der Waals surface area contributed by atoms with Crippen LogP contribution in [0.3, 0.4) is 0 Å². The van der Waals surface area contributed by atoms with E-state index in [-0.39, 0.29) is 23.7 Å². The van der Waals surface area contributed by atoms with Crippen LogP contribution >= 0.6 is 22.6 Å². The maximum Gasteiger partial charge on any atom is 0.270 e. The van der Waals surface area contributed by atoms with E-state index in [1.165, 1.54) is 37.2 Å². The molecule has 1 aromatic rings. The van der Waals surface area contributed by atoms with E-state index in [1.807, 2.05) is 22.6 Å². The van der Waals surface area contributed by atoms with Crippen LogP contribution < -0.4 is 5.32 Å². The highest BCUT2D eigenvalue weighted by molar-refractivity contribution is 14.1. The number of halogens is 1. The number of rotatable bonds is 4. The third-order valence-electron chi connectivity index (χ3n) is 2.40. The first-order valence-electron chi connectivity index (χ1n) is 5.26. The number of amides is 2. The predicted molar refractivity (Wildman–Crippen MR) is 76.8 cm³/mol. The number of nitro benzene ring substituents is 1. The summed E-state index contributed by atoms with van der Waals surface area (Å²) in [7, 11) is 2.93. The molecule has 0 bridgehead atoms. The van der Waals surface area contributed by atoms with E-state index < -0.39 is 10.8 Å². The van der Waals surface area contributed by atoms with Crippen LogP contribution in [-0.2, 0) is 4.79 Å². The Balaban J connectivity index is 3.01. The zero-order chi connectivity index (χ0) is 14.6. The molecule has 0 aliphatic rings. The molecule has 0 aliphatic carbocycles. The molecule has 2 amide bonds. The first-order chi connectivity index (χ1) is 8.86. The number of nitro groups is 1. The molecule has 0 saturated carbocycles. The largest absolute Gasteiger partial charge is 0.358 e. The Morgan fingerprint density at radius 1 is 1.47 bits per heavy atom. The Morgan fingerprint density at radius 2 is 2.11 bits per heavy atom. The number of likely N-dealkylation sites (N-methyl/N-ethyl adjacent to an activating group) is 2. The number of carbonyl (C=O) groups excluding carboxylic acids is 2. The number of hydrogen-bond acceptors (Lipinski definition) is 4. The van der Waals surface area contributed by atoms with Gasteiger partial charge in [0, 0.05) is 29.8 Å². The van der Waals surface area contributed by atoms with Crippen LogP contribution in [0.15, 0.2) is 18.2 Å². The van der Waals surface area contributed by atoms with Crippen LogP contribution in [0.25, 0.3) is 0 Å². The Kier molecular flexibility index (Phi) is 5.21. The zero-order valence-electron chi connectivity index (χ0n) is 10.3. The molecule has 8 heteroatoms. The van der Waals surface area contributed by atoms with Gasteiger partial charge in [-0.05, 0) is 28.7 Å². The summed E-state index contributed by atoms with van der Waals surface area (Å²) in [4.78, 5) is 34.7. The first kappa shape index (κ1) is 15.3. The van der Waals surface area contributed by atoms with Gasteiger partial charge in [-0.3, -0.25) is 19.7 Å². The monoisotopic (exact) mass is 377 g/mol. The second-order valence-electron chi connectivity index (χ2n) is 3.76. The van der Waals surface area contributed by atoms with E-state index in [1.54, 1.807) is 0 Å². The molecular weight excluding hydrogens is 365 g/mol. The minimum absolute atomic E-state index is 0.103. The molecule has 7 nitrogen and oxygen atoms in total. The molecule has 0 unspecified atom stereocenters. The van der Waals surface area contributed by atoms with Gasteiger partial charge in [-0.1, -0.05) is 0 Å². The summed E-state index contributed by atoms with van der Waals surface area (Å²) < 4.78 is 0.594. The van der Waals surface area contributed by atoms with Crippen molar-refractivity contribution in [2.45, 2.75) is 0 Å². The zero-order valence-corrected chi connectivity index (χ0v) is 12.5. The highest BCUT2D eigenvalue weighted by atomic mass is 127. The van der Waals surface area contributed by atoms with Gasteiger partial charge in [-0.25, -0.2) is 0 Å². The summed E-state index contributed by atoms with van der Waals surface area (Å²) >= 11 is 1.92. The van der Waals surface area contributed by atoms with Crippen molar-refractivity contribution in [3.63, 3.8) is 0 Å². The van der Waals surface area contributed by atoms with E-state index in [2.05, 4.69) is 5.32 Å². The summed E-state index contributed by atoms with van der Waals surface area (Å²) in [5, 5.41) is 13.1. The fourth-order valence-electron chi connectivity index (χ4n) is 1.36. The van der Waals surface area contributed by atoms with Gasteiger partial charge in [0.25, 0.3) is 11.6 Å². The predicted octanol–water partition coefficient (Wildman–Crippen LogP) is 1.02. The molecule has 0 atom stereocenters. The summed E-state index contributed by atoms with van der Waals surface area (Å²) in [5.41, 5.74) is 0.0540. The van der Waals surface area contributed by atoms with Gasteiger partial charge in [-0.15, -0.1) is 0 Å². The van der Waals surface area contributed by atoms with Crippen LogP contribution in [-0.4, -0.2) is 42.3 Å². The van der Waals surface area contributed by atoms with Crippen molar-refractivity contribution in [2.75, 3.05) is 20.6 Å². The van der Waals surface area contributed by atoms with Gasteiger partial charge >= 0.3 is 0 Å². The van der Waals surface area contributed by atoms with Gasteiger partial charge in [0.05, 0.1) is 17.0 Å². The minimum Gasteiger partial charge on any atom is -0.358 e. The molecule has 0 heterocycles. The average Bonchev–Trinajstić information content (AvgIpc) is 2.37. The first-order valence-corrected chi connectivity index (χ1v) is 6.34. The molecule has 0 spiro atoms. The summed E-state index contributed by atoms with van der Waals surface area (Å²) in [6.07, 6.45) is 0. The quantitative estimate of drug-likeness (QED) is 0.482. The Hall–Kier alpha value is -1.71. The maximum atomic E-state index is 12.1. The molecule has 0 radical (unpaired) electrons. The van der Waals surface area contributed by atoms with E-state index in [9.17, 15) is 19.7 Å². The van der Waals surface area contributed by atoms with Crippen LogP contribution in [0, 0.1) is 13.7 Å². The van der Waals surface area contributed by atoms with Crippen molar-refractivity contribution < 1.29 is 14.5 Å². The van der Waals surface area contributed by atoms with Crippen LogP contribution in [0.2, 0.25) is 0 Å². The second-order valence-corrected chi connectivity index (χ2v) is 4.92. The van der Waals surface area contributed by atoms with Gasteiger partial charge in [0.1, 0.15) is 0 Å². The van der Waals surface area contributed by atoms with Crippen molar-refractivity contribution in [1.29, 1.82) is 0 Å². The Morgan fingerprint density at radius 3 is 2.63 bits per heavy atom. The van der Waals surface area contributed by atoms with Gasteiger partial charge < -0.3 is 10.2 Å². The standard InChI is InChI=1S/C11H12IN3O4/c1-13-10(16)6-14(2)11(17)8-5-7(15(18)19)3-4-9(8)12/h3-5H,6H2,1-2H3,(H,13,16). The topological polar surface area (TPSA) is 92.6 Å². The van der Waals surface area contributed by atoms with Crippen molar-refractivity contribution in [3.8, 4) is 0 Å². The molecule has 1 aromatic carbocycles.